The van der Waals surface area contributed by atoms with Crippen LogP contribution in [-0.2, 0) is 14.6 Å². The monoisotopic (exact) mass is 258 g/mol. The average Bonchev–Trinajstić information content (AvgIpc) is 2.28. The van der Waals surface area contributed by atoms with Gasteiger partial charge in [0.1, 0.15) is 5.75 Å². The Hall–Kier alpha value is -1.60. The molecule has 3 N–H and O–H groups in total. The van der Waals surface area contributed by atoms with Crippen LogP contribution in [0.1, 0.15) is 6.42 Å². The third-order valence-electron chi connectivity index (χ3n) is 1.99. The van der Waals surface area contributed by atoms with Crippen molar-refractivity contribution >= 4 is 15.7 Å². The molecule has 0 atom stereocenters. The van der Waals surface area contributed by atoms with Crippen LogP contribution in [0.2, 0.25) is 0 Å². The standard InChI is InChI=1S/C10H14N2O4S/c1-17(14,15)9-4-2-3-8(7-9)16-6-5-10(13)12-11/h2-4,7H,5-6,11H2,1H3,(H,12,13). The largest absolute Gasteiger partial charge is 0.493 e. The molecule has 0 saturated carbocycles. The van der Waals surface area contributed by atoms with Crippen molar-refractivity contribution in [1.82, 2.24) is 5.43 Å². The Balaban J connectivity index is 2.64. The smallest absolute Gasteiger partial charge is 0.237 e. The van der Waals surface area contributed by atoms with Gasteiger partial charge in [-0.15, -0.1) is 0 Å². The summed E-state index contributed by atoms with van der Waals surface area (Å²) in [4.78, 5) is 11.0. The molecule has 7 heteroatoms. The Morgan fingerprint density at radius 3 is 2.76 bits per heavy atom. The molecule has 0 unspecified atom stereocenters. The van der Waals surface area contributed by atoms with Gasteiger partial charge in [0.25, 0.3) is 0 Å². The third kappa shape index (κ3) is 4.41. The highest BCUT2D eigenvalue weighted by Gasteiger charge is 2.08. The molecular formula is C10H14N2O4S. The molecule has 0 aliphatic carbocycles. The van der Waals surface area contributed by atoms with E-state index in [9.17, 15) is 13.2 Å². The van der Waals surface area contributed by atoms with Crippen LogP contribution in [0.25, 0.3) is 0 Å². The predicted octanol–water partition coefficient (Wildman–Crippen LogP) is -0.151. The van der Waals surface area contributed by atoms with Crippen molar-refractivity contribution < 1.29 is 17.9 Å². The van der Waals surface area contributed by atoms with Gasteiger partial charge in [-0.05, 0) is 18.2 Å². The first-order valence-electron chi connectivity index (χ1n) is 4.86. The van der Waals surface area contributed by atoms with Crippen molar-refractivity contribution in [2.24, 2.45) is 5.84 Å². The van der Waals surface area contributed by atoms with Crippen molar-refractivity contribution in [1.29, 1.82) is 0 Å². The van der Waals surface area contributed by atoms with E-state index in [1.165, 1.54) is 12.1 Å². The average molecular weight is 258 g/mol. The molecule has 0 aliphatic heterocycles. The van der Waals surface area contributed by atoms with Crippen LogP contribution in [0.3, 0.4) is 0 Å². The zero-order chi connectivity index (χ0) is 12.9. The van der Waals surface area contributed by atoms with Gasteiger partial charge >= 0.3 is 0 Å². The number of hydrogen-bond acceptors (Lipinski definition) is 5. The van der Waals surface area contributed by atoms with Crippen LogP contribution in [0.4, 0.5) is 0 Å². The maximum atomic E-state index is 11.3. The molecule has 0 heterocycles. The van der Waals surface area contributed by atoms with E-state index in [1.807, 2.05) is 5.43 Å². The minimum absolute atomic E-state index is 0.111. The molecule has 0 spiro atoms. The minimum Gasteiger partial charge on any atom is -0.493 e. The van der Waals surface area contributed by atoms with Gasteiger partial charge in [0.2, 0.25) is 5.91 Å². The van der Waals surface area contributed by atoms with E-state index < -0.39 is 9.84 Å². The summed E-state index contributed by atoms with van der Waals surface area (Å²) < 4.78 is 27.8. The van der Waals surface area contributed by atoms with E-state index in [2.05, 4.69) is 0 Å². The van der Waals surface area contributed by atoms with Crippen molar-refractivity contribution in [3.63, 3.8) is 0 Å². The molecule has 1 rings (SSSR count). The molecule has 0 saturated heterocycles. The summed E-state index contributed by atoms with van der Waals surface area (Å²) in [6.45, 7) is 0.135. The molecule has 0 aliphatic rings. The summed E-state index contributed by atoms with van der Waals surface area (Å²) >= 11 is 0. The maximum Gasteiger partial charge on any atom is 0.237 e. The zero-order valence-corrected chi connectivity index (χ0v) is 10.2. The van der Waals surface area contributed by atoms with Crippen molar-refractivity contribution in [3.05, 3.63) is 24.3 Å². The molecule has 0 fully saturated rings. The number of nitrogens with two attached hydrogens (primary N) is 1. The summed E-state index contributed by atoms with van der Waals surface area (Å²) in [6, 6.07) is 6.09. The number of amides is 1. The van der Waals surface area contributed by atoms with E-state index in [0.29, 0.717) is 5.75 Å². The first-order chi connectivity index (χ1) is 7.93. The number of nitrogens with one attached hydrogen (secondary N) is 1. The minimum atomic E-state index is -3.25. The Labute approximate surface area is 99.7 Å². The van der Waals surface area contributed by atoms with E-state index in [4.69, 9.17) is 10.6 Å². The quantitative estimate of drug-likeness (QED) is 0.435. The van der Waals surface area contributed by atoms with Gasteiger partial charge in [0.05, 0.1) is 17.9 Å². The lowest BCUT2D eigenvalue weighted by Crippen LogP contribution is -2.31. The number of benzene rings is 1. The second-order valence-electron chi connectivity index (χ2n) is 3.41. The number of carbonyl (C=O) groups excluding carboxylic acids is 1. The Bertz CT molecular complexity index is 499. The molecule has 0 aromatic heterocycles. The molecule has 1 aromatic carbocycles. The van der Waals surface area contributed by atoms with Gasteiger partial charge in [-0.1, -0.05) is 6.07 Å². The molecule has 0 bridgehead atoms. The number of ether oxygens (including phenoxy) is 1. The van der Waals surface area contributed by atoms with E-state index in [0.717, 1.165) is 6.26 Å². The highest BCUT2D eigenvalue weighted by molar-refractivity contribution is 7.90. The maximum absolute atomic E-state index is 11.3. The summed E-state index contributed by atoms with van der Waals surface area (Å²) in [5.74, 6) is 4.96. The first kappa shape index (κ1) is 13.5. The van der Waals surface area contributed by atoms with Gasteiger partial charge in [-0.2, -0.15) is 0 Å². The number of hydrazine groups is 1. The Morgan fingerprint density at radius 2 is 2.18 bits per heavy atom. The van der Waals surface area contributed by atoms with Crippen molar-refractivity contribution in [2.45, 2.75) is 11.3 Å². The highest BCUT2D eigenvalue weighted by Crippen LogP contribution is 2.17. The zero-order valence-electron chi connectivity index (χ0n) is 9.34. The highest BCUT2D eigenvalue weighted by atomic mass is 32.2. The van der Waals surface area contributed by atoms with E-state index in [1.54, 1.807) is 12.1 Å². The van der Waals surface area contributed by atoms with Crippen LogP contribution < -0.4 is 16.0 Å². The van der Waals surface area contributed by atoms with Gasteiger partial charge < -0.3 is 4.74 Å². The summed E-state index contributed by atoms with van der Waals surface area (Å²) in [5, 5.41) is 0. The summed E-state index contributed by atoms with van der Waals surface area (Å²) in [7, 11) is -3.25. The number of hydrogen-bond donors (Lipinski definition) is 2. The van der Waals surface area contributed by atoms with Crippen LogP contribution in [-0.4, -0.2) is 27.2 Å². The van der Waals surface area contributed by atoms with E-state index >= 15 is 0 Å². The normalized spacial score (nSPS) is 10.9. The second-order valence-corrected chi connectivity index (χ2v) is 5.43. The lowest BCUT2D eigenvalue weighted by atomic mass is 10.3. The predicted molar refractivity (Wildman–Crippen MR) is 62.0 cm³/mol. The summed E-state index contributed by atoms with van der Waals surface area (Å²) in [5.41, 5.74) is 1.97. The third-order valence-corrected chi connectivity index (χ3v) is 3.10. The van der Waals surface area contributed by atoms with E-state index in [-0.39, 0.29) is 23.8 Å². The molecule has 0 radical (unpaired) electrons. The first-order valence-corrected chi connectivity index (χ1v) is 6.75. The Morgan fingerprint density at radius 1 is 1.47 bits per heavy atom. The number of carbonyl (C=O) groups is 1. The molecule has 6 nitrogen and oxygen atoms in total. The van der Waals surface area contributed by atoms with Gasteiger partial charge in [-0.3, -0.25) is 10.2 Å². The molecule has 1 amide bonds. The summed E-state index contributed by atoms with van der Waals surface area (Å²) in [6.07, 6.45) is 1.23. The molecule has 1 aromatic rings. The fourth-order valence-electron chi connectivity index (χ4n) is 1.13. The lowest BCUT2D eigenvalue weighted by Gasteiger charge is -2.06. The van der Waals surface area contributed by atoms with Gasteiger partial charge in [-0.25, -0.2) is 14.3 Å². The van der Waals surface area contributed by atoms with Crippen LogP contribution in [0.5, 0.6) is 5.75 Å². The molecule has 17 heavy (non-hydrogen) atoms. The van der Waals surface area contributed by atoms with Crippen LogP contribution >= 0.6 is 0 Å². The van der Waals surface area contributed by atoms with Crippen LogP contribution in [0.15, 0.2) is 29.2 Å². The number of rotatable bonds is 5. The number of sulfone groups is 1. The Kier molecular flexibility index (Phi) is 4.47. The second kappa shape index (κ2) is 5.65. The van der Waals surface area contributed by atoms with Crippen molar-refractivity contribution in [2.75, 3.05) is 12.9 Å². The topological polar surface area (TPSA) is 98.5 Å². The van der Waals surface area contributed by atoms with Crippen LogP contribution in [0, 0.1) is 0 Å². The molecular weight excluding hydrogens is 244 g/mol. The lowest BCUT2D eigenvalue weighted by molar-refractivity contribution is -0.121. The fourth-order valence-corrected chi connectivity index (χ4v) is 1.78. The van der Waals surface area contributed by atoms with Crippen molar-refractivity contribution in [3.8, 4) is 5.75 Å². The van der Waals surface area contributed by atoms with Gasteiger partial charge in [0, 0.05) is 6.26 Å². The molecule has 94 valence electrons. The fraction of sp³-hybridized carbons (Fsp3) is 0.300. The van der Waals surface area contributed by atoms with Gasteiger partial charge in [0.15, 0.2) is 9.84 Å². The SMILES string of the molecule is CS(=O)(=O)c1cccc(OCCC(=O)NN)c1.